The van der Waals surface area contributed by atoms with E-state index in [0.29, 0.717) is 24.3 Å². The van der Waals surface area contributed by atoms with Gasteiger partial charge >= 0.3 is 11.9 Å². The molecule has 204 valence electrons. The molecule has 2 aromatic rings. The largest absolute Gasteiger partial charge is 0.484 e. The molecule has 0 aliphatic carbocycles. The van der Waals surface area contributed by atoms with Gasteiger partial charge in [0.2, 0.25) is 5.91 Å². The second kappa shape index (κ2) is 15.5. The molecule has 2 amide bonds. The molecule has 38 heavy (non-hydrogen) atoms. The minimum absolute atomic E-state index is 0.00157. The molecule has 2 rings (SSSR count). The molecule has 1 unspecified atom stereocenters. The number of esters is 1. The van der Waals surface area contributed by atoms with Crippen LogP contribution in [0.4, 0.5) is 0 Å². The Bertz CT molecular complexity index is 1140. The molecule has 12 heteroatoms. The summed E-state index contributed by atoms with van der Waals surface area (Å²) < 4.78 is 18.6. The fraction of sp³-hybridized carbons (Fsp3) is 0.346. The van der Waals surface area contributed by atoms with Crippen molar-refractivity contribution in [3.8, 4) is 5.75 Å². The van der Waals surface area contributed by atoms with Crippen LogP contribution in [0.2, 0.25) is 1.41 Å². The number of ether oxygens (including phenoxy) is 2. The van der Waals surface area contributed by atoms with Crippen molar-refractivity contribution in [2.24, 2.45) is 16.5 Å². The van der Waals surface area contributed by atoms with Crippen molar-refractivity contribution >= 4 is 29.7 Å². The fourth-order valence-corrected chi connectivity index (χ4v) is 3.37. The van der Waals surface area contributed by atoms with Gasteiger partial charge in [-0.2, -0.15) is 0 Å². The number of aliphatic carboxylic acids is 1. The number of amides is 2. The highest BCUT2D eigenvalue weighted by Gasteiger charge is 2.27. The quantitative estimate of drug-likeness (QED) is 0.123. The predicted octanol–water partition coefficient (Wildman–Crippen LogP) is 0.304. The van der Waals surface area contributed by atoms with Gasteiger partial charge in [-0.05, 0) is 36.6 Å². The minimum Gasteiger partial charge on any atom is -0.484 e. The van der Waals surface area contributed by atoms with Gasteiger partial charge in [-0.15, -0.1) is 0 Å². The van der Waals surface area contributed by atoms with E-state index in [9.17, 15) is 24.3 Å². The topological polar surface area (TPSA) is 195 Å². The summed E-state index contributed by atoms with van der Waals surface area (Å²) in [5, 5.41) is 12.0. The van der Waals surface area contributed by atoms with Crippen molar-refractivity contribution < 1.29 is 35.2 Å². The van der Waals surface area contributed by atoms with Gasteiger partial charge in [0.1, 0.15) is 11.8 Å². The third-order valence-electron chi connectivity index (χ3n) is 5.20. The lowest BCUT2D eigenvalue weighted by molar-refractivity contribution is -0.145. The smallest absolute Gasteiger partial charge is 0.315 e. The Kier molecular flexibility index (Phi) is 11.4. The Morgan fingerprint density at radius 1 is 1.08 bits per heavy atom. The van der Waals surface area contributed by atoms with Crippen molar-refractivity contribution in [3.05, 3.63) is 65.7 Å². The molecule has 0 saturated carbocycles. The molecule has 0 saturated heterocycles. The monoisotopic (exact) mass is 528 g/mol. The van der Waals surface area contributed by atoms with Crippen LogP contribution in [-0.2, 0) is 30.3 Å². The third kappa shape index (κ3) is 10.6. The molecule has 7 N–H and O–H groups in total. The summed E-state index contributed by atoms with van der Waals surface area (Å²) in [6, 6.07) is 13.7. The Labute approximate surface area is 221 Å². The Hall–Kier alpha value is -4.61. The number of benzene rings is 2. The first kappa shape index (κ1) is 28.0. The maximum absolute atomic E-state index is 12.9. The molecule has 0 radical (unpaired) electrons. The van der Waals surface area contributed by atoms with Gasteiger partial charge in [-0.3, -0.25) is 24.2 Å². The first-order valence-corrected chi connectivity index (χ1v) is 11.9. The maximum Gasteiger partial charge on any atom is 0.315 e. The van der Waals surface area contributed by atoms with Gasteiger partial charge in [0.05, 0.1) is 18.9 Å². The van der Waals surface area contributed by atoms with Gasteiger partial charge in [0.25, 0.3) is 5.91 Å². The number of rotatable bonds is 15. The zero-order valence-electron chi connectivity index (χ0n) is 22.0. The highest BCUT2D eigenvalue weighted by molar-refractivity contribution is 5.91. The molecule has 0 aliphatic rings. The molecule has 0 bridgehead atoms. The summed E-state index contributed by atoms with van der Waals surface area (Å²) in [5.41, 5.74) is 12.1. The van der Waals surface area contributed by atoms with Crippen molar-refractivity contribution in [2.75, 3.05) is 26.3 Å². The number of guanidine groups is 1. The third-order valence-corrected chi connectivity index (χ3v) is 5.20. The van der Waals surface area contributed by atoms with Crippen LogP contribution in [0.15, 0.2) is 59.6 Å². The summed E-state index contributed by atoms with van der Waals surface area (Å²) in [4.78, 5) is 53.2. The van der Waals surface area contributed by atoms with E-state index < -0.39 is 48.7 Å². The van der Waals surface area contributed by atoms with Gasteiger partial charge in [0, 0.05) is 13.1 Å². The second-order valence-electron chi connectivity index (χ2n) is 8.09. The van der Waals surface area contributed by atoms with E-state index in [1.165, 1.54) is 0 Å². The van der Waals surface area contributed by atoms with E-state index in [4.69, 9.17) is 22.4 Å². The average molecular weight is 529 g/mol. The van der Waals surface area contributed by atoms with Crippen molar-refractivity contribution in [1.29, 1.82) is 0 Å². The van der Waals surface area contributed by atoms with Crippen LogP contribution >= 0.6 is 0 Å². The molecule has 0 heterocycles. The number of nitrogens with one attached hydrogen (secondary N) is 2. The Morgan fingerprint density at radius 3 is 2.37 bits per heavy atom. The second-order valence-corrected chi connectivity index (χ2v) is 8.09. The van der Waals surface area contributed by atoms with Crippen LogP contribution in [0.1, 0.15) is 30.4 Å². The SMILES string of the molecule is [2H]N(C(=O)COc1ccc(CCN=C(N)N)cc1)[C@@H](CC(=O)O)C(=O)NCC(C(=O)OCC)c1ccccc1. The summed E-state index contributed by atoms with van der Waals surface area (Å²) >= 11 is 0. The molecule has 0 fully saturated rings. The van der Waals surface area contributed by atoms with E-state index in [-0.39, 0.29) is 24.4 Å². The fourth-order valence-electron chi connectivity index (χ4n) is 3.37. The van der Waals surface area contributed by atoms with Crippen LogP contribution < -0.4 is 26.8 Å². The zero-order valence-corrected chi connectivity index (χ0v) is 21.0. The number of hydrogen-bond donors (Lipinski definition) is 5. The number of nitrogens with two attached hydrogens (primary N) is 2. The summed E-state index contributed by atoms with van der Waals surface area (Å²) in [7, 11) is 0. The van der Waals surface area contributed by atoms with Crippen molar-refractivity contribution in [1.82, 2.24) is 10.6 Å². The molecule has 2 aromatic carbocycles. The van der Waals surface area contributed by atoms with Gasteiger partial charge in [-0.1, -0.05) is 42.5 Å². The number of carbonyl (C=O) groups excluding carboxylic acids is 3. The highest BCUT2D eigenvalue weighted by atomic mass is 16.5. The zero-order chi connectivity index (χ0) is 28.8. The Balaban J connectivity index is 2.01. The van der Waals surface area contributed by atoms with Crippen LogP contribution in [0.5, 0.6) is 5.75 Å². The van der Waals surface area contributed by atoms with E-state index in [1.807, 2.05) is 0 Å². The molecule has 2 atom stereocenters. The molecule has 12 nitrogen and oxygen atoms in total. The number of carbonyl (C=O) groups is 4. The molecular formula is C26H33N5O7. The first-order chi connectivity index (χ1) is 18.6. The maximum atomic E-state index is 12.9. The molecule has 0 aliphatic heterocycles. The van der Waals surface area contributed by atoms with E-state index in [2.05, 4.69) is 10.3 Å². The normalized spacial score (nSPS) is 12.3. The number of hydrogen-bond acceptors (Lipinski definition) is 7. The molecular weight excluding hydrogens is 494 g/mol. The van der Waals surface area contributed by atoms with Crippen molar-refractivity contribution in [2.45, 2.75) is 31.7 Å². The highest BCUT2D eigenvalue weighted by Crippen LogP contribution is 2.17. The van der Waals surface area contributed by atoms with Gasteiger partial charge < -0.3 is 36.7 Å². The number of nitrogens with zero attached hydrogens (tertiary/aromatic N) is 1. The van der Waals surface area contributed by atoms with E-state index in [1.54, 1.807) is 61.5 Å². The average Bonchev–Trinajstić information content (AvgIpc) is 2.91. The first-order valence-electron chi connectivity index (χ1n) is 12.4. The standard InChI is InChI=1S/C26H33N5O7/c1-2-37-25(36)20(18-6-4-3-5-7-18)15-30-24(35)21(14-23(33)34)31-22(32)16-38-19-10-8-17(9-11-19)12-13-29-26(27)28/h3-11,20-21H,2,12-16H2,1H3,(H,30,35)(H,31,32)(H,33,34)(H4,27,28,29)/t20?,21-/m0/s1/i/hD. The minimum atomic E-state index is -1.66. The summed E-state index contributed by atoms with van der Waals surface area (Å²) in [6.07, 6.45) is -0.230. The van der Waals surface area contributed by atoms with Crippen LogP contribution in [0.25, 0.3) is 0 Å². The van der Waals surface area contributed by atoms with Gasteiger partial charge in [0.15, 0.2) is 14.0 Å². The van der Waals surface area contributed by atoms with Crippen LogP contribution in [-0.4, -0.2) is 67.2 Å². The van der Waals surface area contributed by atoms with E-state index in [0.717, 1.165) is 5.56 Å². The Morgan fingerprint density at radius 2 is 1.76 bits per heavy atom. The lowest BCUT2D eigenvalue weighted by Gasteiger charge is -2.20. The van der Waals surface area contributed by atoms with Crippen LogP contribution in [0.3, 0.4) is 0 Å². The molecule has 0 aromatic heterocycles. The molecule has 0 spiro atoms. The summed E-state index contributed by atoms with van der Waals surface area (Å²) in [5.74, 6) is -4.33. The lowest BCUT2D eigenvalue weighted by atomic mass is 9.99. The summed E-state index contributed by atoms with van der Waals surface area (Å²) in [6.45, 7) is 1.37. The van der Waals surface area contributed by atoms with Gasteiger partial charge in [-0.25, -0.2) is 0 Å². The van der Waals surface area contributed by atoms with Crippen LogP contribution in [0, 0.1) is 0 Å². The van der Waals surface area contributed by atoms with E-state index >= 15 is 0 Å². The number of aliphatic imine (C=N–C) groups is 1. The number of carboxylic acid groups (broad SMARTS) is 1. The number of carboxylic acids is 1. The lowest BCUT2D eigenvalue weighted by Crippen LogP contribution is -2.50. The van der Waals surface area contributed by atoms with Crippen molar-refractivity contribution in [3.63, 3.8) is 0 Å². The predicted molar refractivity (Wildman–Crippen MR) is 139 cm³/mol.